The van der Waals surface area contributed by atoms with Crippen LogP contribution in [0.5, 0.6) is 5.75 Å². The molecular formula is C28H25F2N3O3S. The molecule has 2 amide bonds. The van der Waals surface area contributed by atoms with Crippen LogP contribution >= 0.6 is 11.8 Å². The molecule has 1 heterocycles. The number of amides is 2. The quantitative estimate of drug-likeness (QED) is 0.395. The van der Waals surface area contributed by atoms with Crippen molar-refractivity contribution in [3.63, 3.8) is 0 Å². The zero-order valence-corrected chi connectivity index (χ0v) is 20.7. The molecule has 190 valence electrons. The van der Waals surface area contributed by atoms with E-state index in [0.717, 1.165) is 24.8 Å². The topological polar surface area (TPSA) is 71.0 Å². The summed E-state index contributed by atoms with van der Waals surface area (Å²) in [4.78, 5) is 32.9. The Balaban J connectivity index is 1.43. The maximum Gasteiger partial charge on any atom is 0.387 e. The van der Waals surface area contributed by atoms with Crippen LogP contribution in [0.4, 0.5) is 20.2 Å². The van der Waals surface area contributed by atoms with E-state index in [1.807, 2.05) is 36.4 Å². The standard InChI is InChI=1S/C28H25F2N3O3S/c29-27(30)36-21-15-13-20(14-16-21)32-28-33(23-12-6-8-18-7-4-5-11-22(18)23)26(35)24(37-28)17-25(34)31-19-9-2-1-3-10-19/h1-5,7,9-11,13-16,23-24,27H,6,8,12,17H2,(H,31,34)/t23-,24+/m1/s1. The highest BCUT2D eigenvalue weighted by Gasteiger charge is 2.44. The molecule has 5 rings (SSSR count). The SMILES string of the molecule is O=C(C[C@@H]1SC(=Nc2ccc(OC(F)F)cc2)N([C@@H]2CCCc3ccccc32)C1=O)Nc1ccccc1. The fourth-order valence-electron chi connectivity index (χ4n) is 4.69. The first-order valence-corrected chi connectivity index (χ1v) is 12.9. The molecule has 0 spiro atoms. The van der Waals surface area contributed by atoms with Crippen LogP contribution in [0.25, 0.3) is 0 Å². The highest BCUT2D eigenvalue weighted by Crippen LogP contribution is 2.42. The third-order valence-electron chi connectivity index (χ3n) is 6.33. The van der Waals surface area contributed by atoms with Crippen LogP contribution < -0.4 is 10.1 Å². The van der Waals surface area contributed by atoms with Gasteiger partial charge >= 0.3 is 6.61 Å². The molecule has 6 nitrogen and oxygen atoms in total. The molecule has 37 heavy (non-hydrogen) atoms. The summed E-state index contributed by atoms with van der Waals surface area (Å²) in [5, 5.41) is 2.71. The van der Waals surface area contributed by atoms with Crippen LogP contribution in [0.2, 0.25) is 0 Å². The van der Waals surface area contributed by atoms with Crippen molar-refractivity contribution in [1.29, 1.82) is 0 Å². The summed E-state index contributed by atoms with van der Waals surface area (Å²) in [6.07, 6.45) is 2.67. The zero-order chi connectivity index (χ0) is 25.8. The lowest BCUT2D eigenvalue weighted by Crippen LogP contribution is -2.38. The third-order valence-corrected chi connectivity index (χ3v) is 7.48. The van der Waals surface area contributed by atoms with Gasteiger partial charge in [-0.15, -0.1) is 0 Å². The summed E-state index contributed by atoms with van der Waals surface area (Å²) < 4.78 is 29.5. The normalized spacial score (nSPS) is 20.2. The monoisotopic (exact) mass is 521 g/mol. The molecule has 0 aromatic heterocycles. The predicted octanol–water partition coefficient (Wildman–Crippen LogP) is 6.33. The van der Waals surface area contributed by atoms with E-state index < -0.39 is 11.9 Å². The highest BCUT2D eigenvalue weighted by molar-refractivity contribution is 8.15. The van der Waals surface area contributed by atoms with Gasteiger partial charge in [0, 0.05) is 12.1 Å². The second-order valence-electron chi connectivity index (χ2n) is 8.81. The number of amidine groups is 1. The number of hydrogen-bond donors (Lipinski definition) is 1. The Kier molecular flexibility index (Phi) is 7.50. The van der Waals surface area contributed by atoms with Gasteiger partial charge in [0.15, 0.2) is 5.17 Å². The molecule has 2 atom stereocenters. The van der Waals surface area contributed by atoms with Crippen LogP contribution in [0.15, 0.2) is 83.9 Å². The fraction of sp³-hybridized carbons (Fsp3) is 0.250. The number of thioether (sulfide) groups is 1. The van der Waals surface area contributed by atoms with Gasteiger partial charge in [0.25, 0.3) is 0 Å². The number of rotatable bonds is 7. The number of para-hydroxylation sites is 1. The van der Waals surface area contributed by atoms with Crippen molar-refractivity contribution in [3.8, 4) is 5.75 Å². The summed E-state index contributed by atoms with van der Waals surface area (Å²) in [5.74, 6) is -0.385. The van der Waals surface area contributed by atoms with Crippen molar-refractivity contribution < 1.29 is 23.1 Å². The van der Waals surface area contributed by atoms with Gasteiger partial charge in [-0.05, 0) is 66.8 Å². The van der Waals surface area contributed by atoms with Gasteiger partial charge in [-0.3, -0.25) is 14.5 Å². The van der Waals surface area contributed by atoms with Crippen LogP contribution in [0.3, 0.4) is 0 Å². The molecule has 0 bridgehead atoms. The summed E-state index contributed by atoms with van der Waals surface area (Å²) >= 11 is 1.26. The Labute approximate surface area is 217 Å². The van der Waals surface area contributed by atoms with Gasteiger partial charge in [0.1, 0.15) is 11.0 Å². The molecule has 1 saturated heterocycles. The molecule has 0 unspecified atom stereocenters. The predicted molar refractivity (Wildman–Crippen MR) is 140 cm³/mol. The van der Waals surface area contributed by atoms with Crippen molar-refractivity contribution in [2.45, 2.75) is 43.6 Å². The largest absolute Gasteiger partial charge is 0.435 e. The molecule has 1 N–H and O–H groups in total. The van der Waals surface area contributed by atoms with E-state index in [4.69, 9.17) is 4.99 Å². The number of anilines is 1. The maximum absolute atomic E-state index is 13.7. The summed E-state index contributed by atoms with van der Waals surface area (Å²) in [6, 6.07) is 23.0. The van der Waals surface area contributed by atoms with Gasteiger partial charge in [0.05, 0.1) is 11.7 Å². The van der Waals surface area contributed by atoms with Gasteiger partial charge < -0.3 is 10.1 Å². The van der Waals surface area contributed by atoms with Crippen molar-refractivity contribution in [2.75, 3.05) is 5.32 Å². The van der Waals surface area contributed by atoms with Crippen LogP contribution in [0.1, 0.15) is 36.4 Å². The number of carbonyl (C=O) groups excluding carboxylic acids is 2. The van der Waals surface area contributed by atoms with Crippen molar-refractivity contribution in [2.24, 2.45) is 4.99 Å². The number of aliphatic imine (C=N–C) groups is 1. The first-order valence-electron chi connectivity index (χ1n) is 12.0. The number of ether oxygens (including phenoxy) is 1. The molecule has 1 aliphatic carbocycles. The number of fused-ring (bicyclic) bond motifs is 1. The Bertz CT molecular complexity index is 1300. The molecule has 3 aromatic carbocycles. The number of alkyl halides is 2. The summed E-state index contributed by atoms with van der Waals surface area (Å²) in [7, 11) is 0. The molecule has 9 heteroatoms. The van der Waals surface area contributed by atoms with Crippen LogP contribution in [-0.2, 0) is 16.0 Å². The van der Waals surface area contributed by atoms with E-state index in [9.17, 15) is 18.4 Å². The zero-order valence-electron chi connectivity index (χ0n) is 19.8. The van der Waals surface area contributed by atoms with Crippen molar-refractivity contribution in [3.05, 3.63) is 90.0 Å². The number of halogens is 2. The first-order chi connectivity index (χ1) is 18.0. The van der Waals surface area contributed by atoms with E-state index in [1.54, 1.807) is 29.2 Å². The molecule has 1 aliphatic heterocycles. The number of nitrogens with zero attached hydrogens (tertiary/aromatic N) is 2. The number of hydrogen-bond acceptors (Lipinski definition) is 5. The molecule has 3 aromatic rings. The minimum absolute atomic E-state index is 0.00342. The smallest absolute Gasteiger partial charge is 0.387 e. The molecular weight excluding hydrogens is 496 g/mol. The first kappa shape index (κ1) is 25.0. The summed E-state index contributed by atoms with van der Waals surface area (Å²) in [6.45, 7) is -2.91. The fourth-order valence-corrected chi connectivity index (χ4v) is 5.88. The average molecular weight is 522 g/mol. The van der Waals surface area contributed by atoms with Gasteiger partial charge in [-0.2, -0.15) is 8.78 Å². The van der Waals surface area contributed by atoms with Crippen molar-refractivity contribution >= 4 is 40.1 Å². The van der Waals surface area contributed by atoms with E-state index >= 15 is 0 Å². The highest BCUT2D eigenvalue weighted by atomic mass is 32.2. The Morgan fingerprint density at radius 1 is 1.05 bits per heavy atom. The molecule has 0 radical (unpaired) electrons. The lowest BCUT2D eigenvalue weighted by molar-refractivity contribution is -0.129. The Hall–Kier alpha value is -3.72. The number of aryl methyl sites for hydroxylation is 1. The third kappa shape index (κ3) is 5.83. The molecule has 0 saturated carbocycles. The summed E-state index contributed by atoms with van der Waals surface area (Å²) in [5.41, 5.74) is 3.46. The Morgan fingerprint density at radius 2 is 1.78 bits per heavy atom. The number of benzene rings is 3. The van der Waals surface area contributed by atoms with E-state index in [0.29, 0.717) is 16.5 Å². The second-order valence-corrected chi connectivity index (χ2v) is 9.98. The molecule has 1 fully saturated rings. The van der Waals surface area contributed by atoms with Crippen molar-refractivity contribution in [1.82, 2.24) is 4.90 Å². The number of carbonyl (C=O) groups is 2. The van der Waals surface area contributed by atoms with E-state index in [1.165, 1.54) is 29.5 Å². The number of nitrogens with one attached hydrogen (secondary N) is 1. The van der Waals surface area contributed by atoms with Crippen LogP contribution in [0, 0.1) is 0 Å². The van der Waals surface area contributed by atoms with Gasteiger partial charge in [-0.25, -0.2) is 4.99 Å². The maximum atomic E-state index is 13.7. The minimum atomic E-state index is -2.91. The lowest BCUT2D eigenvalue weighted by atomic mass is 9.87. The lowest BCUT2D eigenvalue weighted by Gasteiger charge is -2.33. The van der Waals surface area contributed by atoms with Gasteiger partial charge in [-0.1, -0.05) is 54.2 Å². The second kappa shape index (κ2) is 11.1. The van der Waals surface area contributed by atoms with Gasteiger partial charge in [0.2, 0.25) is 11.8 Å². The van der Waals surface area contributed by atoms with E-state index in [2.05, 4.69) is 16.1 Å². The van der Waals surface area contributed by atoms with E-state index in [-0.39, 0.29) is 30.0 Å². The average Bonchev–Trinajstić information content (AvgIpc) is 3.19. The Morgan fingerprint density at radius 3 is 2.54 bits per heavy atom. The van der Waals surface area contributed by atoms with Crippen LogP contribution in [-0.4, -0.2) is 33.7 Å². The minimum Gasteiger partial charge on any atom is -0.435 e. The molecule has 2 aliphatic rings.